The van der Waals surface area contributed by atoms with Crippen LogP contribution in [0.3, 0.4) is 0 Å². The number of hydrogen-bond acceptors (Lipinski definition) is 4. The molecule has 0 bridgehead atoms. The van der Waals surface area contributed by atoms with Gasteiger partial charge in [0.15, 0.2) is 16.4 Å². The van der Waals surface area contributed by atoms with Crippen molar-refractivity contribution in [3.8, 4) is 11.5 Å². The van der Waals surface area contributed by atoms with Gasteiger partial charge in [-0.15, -0.1) is 0 Å². The predicted octanol–water partition coefficient (Wildman–Crippen LogP) is 2.66. The molecule has 2 unspecified atom stereocenters. The normalized spacial score (nSPS) is 25.0. The lowest BCUT2D eigenvalue weighted by Crippen LogP contribution is -2.40. The SMILES string of the molecule is O=S1(=O)c2ccc(OCC(F)(F)F)cc2OC2C=CC=CC21. The van der Waals surface area contributed by atoms with Crippen LogP contribution in [0.15, 0.2) is 47.4 Å². The highest BCUT2D eigenvalue weighted by atomic mass is 32.2. The molecule has 1 aromatic rings. The fourth-order valence-corrected chi connectivity index (χ4v) is 4.05. The molecule has 1 aliphatic heterocycles. The number of ether oxygens (including phenoxy) is 2. The number of sulfone groups is 1. The van der Waals surface area contributed by atoms with E-state index in [9.17, 15) is 21.6 Å². The number of fused-ring (bicyclic) bond motifs is 2. The van der Waals surface area contributed by atoms with Crippen LogP contribution in [0.2, 0.25) is 0 Å². The van der Waals surface area contributed by atoms with Crippen molar-refractivity contribution in [2.45, 2.75) is 22.4 Å². The minimum absolute atomic E-state index is 0.000810. The van der Waals surface area contributed by atoms with E-state index in [1.807, 2.05) is 0 Å². The molecule has 118 valence electrons. The Hall–Kier alpha value is -1.96. The Bertz CT molecular complexity index is 750. The van der Waals surface area contributed by atoms with Gasteiger partial charge in [-0.2, -0.15) is 13.2 Å². The standard InChI is InChI=1S/C14H11F3O4S/c15-14(16,17)8-20-9-5-6-13-11(7-9)21-10-3-1-2-4-12(10)22(13,18)19/h1-7,10,12H,8H2. The molecule has 0 N–H and O–H groups in total. The smallest absolute Gasteiger partial charge is 0.422 e. The van der Waals surface area contributed by atoms with E-state index in [1.54, 1.807) is 18.2 Å². The van der Waals surface area contributed by atoms with Crippen LogP contribution in [0.1, 0.15) is 0 Å². The molecule has 2 aliphatic rings. The highest BCUT2D eigenvalue weighted by Crippen LogP contribution is 2.39. The Morgan fingerprint density at radius 2 is 1.91 bits per heavy atom. The number of halogens is 3. The summed E-state index contributed by atoms with van der Waals surface area (Å²) in [5, 5.41) is -0.827. The van der Waals surface area contributed by atoms with Crippen molar-refractivity contribution < 1.29 is 31.1 Å². The molecule has 1 heterocycles. The van der Waals surface area contributed by atoms with E-state index >= 15 is 0 Å². The Morgan fingerprint density at radius 1 is 1.18 bits per heavy atom. The molecule has 1 aromatic carbocycles. The minimum Gasteiger partial charge on any atom is -0.484 e. The molecule has 0 fully saturated rings. The van der Waals surface area contributed by atoms with Crippen molar-refractivity contribution in [3.05, 3.63) is 42.5 Å². The Balaban J connectivity index is 1.93. The van der Waals surface area contributed by atoms with Crippen molar-refractivity contribution in [1.82, 2.24) is 0 Å². The molecule has 1 aliphatic carbocycles. The molecule has 0 radical (unpaired) electrons. The van der Waals surface area contributed by atoms with Crippen molar-refractivity contribution in [2.75, 3.05) is 6.61 Å². The molecule has 4 nitrogen and oxygen atoms in total. The second-order valence-corrected chi connectivity index (χ2v) is 6.95. The summed E-state index contributed by atoms with van der Waals surface area (Å²) in [7, 11) is -3.64. The first kappa shape index (κ1) is 15.0. The predicted molar refractivity (Wildman–Crippen MR) is 71.7 cm³/mol. The van der Waals surface area contributed by atoms with Crippen molar-refractivity contribution >= 4 is 9.84 Å². The van der Waals surface area contributed by atoms with Gasteiger partial charge in [-0.25, -0.2) is 8.42 Å². The van der Waals surface area contributed by atoms with Gasteiger partial charge in [-0.05, 0) is 18.2 Å². The summed E-state index contributed by atoms with van der Waals surface area (Å²) in [6.07, 6.45) is 1.23. The second kappa shape index (κ2) is 5.05. The van der Waals surface area contributed by atoms with Gasteiger partial charge < -0.3 is 9.47 Å². The third kappa shape index (κ3) is 2.70. The zero-order valence-corrected chi connectivity index (χ0v) is 11.9. The molecule has 22 heavy (non-hydrogen) atoms. The molecular weight excluding hydrogens is 321 g/mol. The summed E-state index contributed by atoms with van der Waals surface area (Å²) in [6.45, 7) is -1.45. The number of alkyl halides is 3. The molecule has 0 saturated carbocycles. The maximum Gasteiger partial charge on any atom is 0.422 e. The number of rotatable bonds is 2. The molecule has 2 atom stereocenters. The van der Waals surface area contributed by atoms with E-state index in [4.69, 9.17) is 4.74 Å². The summed E-state index contributed by atoms with van der Waals surface area (Å²) in [5.41, 5.74) is 0. The van der Waals surface area contributed by atoms with Crippen LogP contribution in [0.4, 0.5) is 13.2 Å². The zero-order chi connectivity index (χ0) is 16.0. The second-order valence-electron chi connectivity index (χ2n) is 4.87. The Morgan fingerprint density at radius 3 is 2.64 bits per heavy atom. The van der Waals surface area contributed by atoms with E-state index in [0.717, 1.165) is 0 Å². The van der Waals surface area contributed by atoms with Gasteiger partial charge in [-0.1, -0.05) is 18.2 Å². The monoisotopic (exact) mass is 332 g/mol. The van der Waals surface area contributed by atoms with Gasteiger partial charge in [0.25, 0.3) is 0 Å². The third-order valence-electron chi connectivity index (χ3n) is 3.28. The molecule has 0 aromatic heterocycles. The molecular formula is C14H11F3O4S. The molecule has 0 saturated heterocycles. The van der Waals surface area contributed by atoms with E-state index < -0.39 is 34.0 Å². The average molecular weight is 332 g/mol. The quantitative estimate of drug-likeness (QED) is 0.835. The van der Waals surface area contributed by atoms with Gasteiger partial charge in [0.05, 0.1) is 0 Å². The fourth-order valence-electron chi connectivity index (χ4n) is 2.32. The van der Waals surface area contributed by atoms with E-state index in [-0.39, 0.29) is 16.4 Å². The first-order valence-corrected chi connectivity index (χ1v) is 7.91. The van der Waals surface area contributed by atoms with Crippen LogP contribution in [-0.4, -0.2) is 32.6 Å². The third-order valence-corrected chi connectivity index (χ3v) is 5.37. The van der Waals surface area contributed by atoms with Gasteiger partial charge in [0.1, 0.15) is 27.7 Å². The molecule has 0 amide bonds. The number of allylic oxidation sites excluding steroid dienone is 2. The van der Waals surface area contributed by atoms with Crippen molar-refractivity contribution in [3.63, 3.8) is 0 Å². The van der Waals surface area contributed by atoms with Crippen LogP contribution in [-0.2, 0) is 9.84 Å². The van der Waals surface area contributed by atoms with Crippen LogP contribution in [0, 0.1) is 0 Å². The van der Waals surface area contributed by atoms with E-state index in [2.05, 4.69) is 4.74 Å². The van der Waals surface area contributed by atoms with Gasteiger partial charge in [0.2, 0.25) is 0 Å². The Labute approximate surface area is 124 Å². The lowest BCUT2D eigenvalue weighted by atomic mass is 10.1. The van der Waals surface area contributed by atoms with Crippen molar-refractivity contribution in [2.24, 2.45) is 0 Å². The highest BCUT2D eigenvalue weighted by molar-refractivity contribution is 7.92. The summed E-state index contributed by atoms with van der Waals surface area (Å²) in [4.78, 5) is -0.0481. The Kier molecular flexibility index (Phi) is 3.43. The summed E-state index contributed by atoms with van der Waals surface area (Å²) in [6, 6.07) is 3.56. The van der Waals surface area contributed by atoms with Gasteiger partial charge in [0, 0.05) is 6.07 Å². The highest BCUT2D eigenvalue weighted by Gasteiger charge is 2.40. The summed E-state index contributed by atoms with van der Waals surface area (Å²) in [5.74, 6) is -0.0964. The van der Waals surface area contributed by atoms with Crippen LogP contribution in [0.5, 0.6) is 11.5 Å². The number of hydrogen-bond donors (Lipinski definition) is 0. The van der Waals surface area contributed by atoms with Gasteiger partial charge in [-0.3, -0.25) is 0 Å². The van der Waals surface area contributed by atoms with Crippen LogP contribution in [0.25, 0.3) is 0 Å². The largest absolute Gasteiger partial charge is 0.484 e. The first-order valence-electron chi connectivity index (χ1n) is 6.36. The maximum absolute atomic E-state index is 12.5. The lowest BCUT2D eigenvalue weighted by molar-refractivity contribution is -0.153. The van der Waals surface area contributed by atoms with Gasteiger partial charge >= 0.3 is 6.18 Å². The topological polar surface area (TPSA) is 52.6 Å². The average Bonchev–Trinajstić information content (AvgIpc) is 2.44. The minimum atomic E-state index is -4.47. The fraction of sp³-hybridized carbons (Fsp3) is 0.286. The molecule has 0 spiro atoms. The summed E-state index contributed by atoms with van der Waals surface area (Å²) < 4.78 is 71.6. The van der Waals surface area contributed by atoms with Crippen LogP contribution >= 0.6 is 0 Å². The molecule has 8 heteroatoms. The van der Waals surface area contributed by atoms with Crippen molar-refractivity contribution in [1.29, 1.82) is 0 Å². The first-order chi connectivity index (χ1) is 10.3. The zero-order valence-electron chi connectivity index (χ0n) is 11.1. The van der Waals surface area contributed by atoms with E-state index in [1.165, 1.54) is 24.3 Å². The van der Waals surface area contributed by atoms with E-state index in [0.29, 0.717) is 0 Å². The summed E-state index contributed by atoms with van der Waals surface area (Å²) >= 11 is 0. The number of benzene rings is 1. The molecule has 3 rings (SSSR count). The maximum atomic E-state index is 12.5. The van der Waals surface area contributed by atoms with Crippen LogP contribution < -0.4 is 9.47 Å². The lowest BCUT2D eigenvalue weighted by Gasteiger charge is -2.31.